The summed E-state index contributed by atoms with van der Waals surface area (Å²) in [4.78, 5) is 19.1. The van der Waals surface area contributed by atoms with Gasteiger partial charge in [0.25, 0.3) is 0 Å². The van der Waals surface area contributed by atoms with Crippen molar-refractivity contribution in [2.45, 2.75) is 0 Å². The summed E-state index contributed by atoms with van der Waals surface area (Å²) in [5.41, 5.74) is 2.00. The number of halogens is 1. The molecule has 3 rings (SSSR count). The van der Waals surface area contributed by atoms with E-state index in [1.807, 2.05) is 30.3 Å². The number of para-hydroxylation sites is 1. The Balaban J connectivity index is 2.21. The molecule has 6 nitrogen and oxygen atoms in total. The minimum absolute atomic E-state index is 0.103. The highest BCUT2D eigenvalue weighted by Crippen LogP contribution is 2.25. The summed E-state index contributed by atoms with van der Waals surface area (Å²) in [5.74, 6) is 0. The third-order valence-corrected chi connectivity index (χ3v) is 3.05. The molecule has 0 spiro atoms. The van der Waals surface area contributed by atoms with Crippen LogP contribution in [0.3, 0.4) is 0 Å². The van der Waals surface area contributed by atoms with Crippen LogP contribution < -0.4 is 0 Å². The maximum atomic E-state index is 11.2. The Morgan fingerprint density at radius 1 is 1.15 bits per heavy atom. The Kier molecular flexibility index (Phi) is 3.22. The van der Waals surface area contributed by atoms with Crippen LogP contribution in [-0.4, -0.2) is 31.2 Å². The normalized spacial score (nSPS) is 10.4. The van der Waals surface area contributed by atoms with E-state index in [1.165, 1.54) is 12.5 Å². The molecular formula is C13H8ClN5O. The first-order valence-corrected chi connectivity index (χ1v) is 6.11. The number of carbonyl (C=O) groups is 1. The molecule has 0 aliphatic rings. The van der Waals surface area contributed by atoms with Gasteiger partial charge in [0.2, 0.25) is 0 Å². The van der Waals surface area contributed by atoms with Crippen LogP contribution in [0.1, 0.15) is 10.4 Å². The quantitative estimate of drug-likeness (QED) is 0.545. The lowest BCUT2D eigenvalue weighted by atomic mass is 10.2. The zero-order chi connectivity index (χ0) is 13.9. The summed E-state index contributed by atoms with van der Waals surface area (Å²) >= 11 is 5.91. The van der Waals surface area contributed by atoms with Crippen molar-refractivity contribution in [3.63, 3.8) is 0 Å². The van der Waals surface area contributed by atoms with Crippen molar-refractivity contribution in [3.05, 3.63) is 53.6 Å². The topological polar surface area (TPSA) is 73.6 Å². The predicted molar refractivity (Wildman–Crippen MR) is 72.8 cm³/mol. The van der Waals surface area contributed by atoms with Gasteiger partial charge in [0, 0.05) is 0 Å². The molecule has 0 fully saturated rings. The lowest BCUT2D eigenvalue weighted by molar-refractivity contribution is 0.112. The third kappa shape index (κ3) is 2.06. The molecule has 98 valence electrons. The van der Waals surface area contributed by atoms with E-state index in [0.29, 0.717) is 17.7 Å². The zero-order valence-corrected chi connectivity index (χ0v) is 10.9. The second-order valence-electron chi connectivity index (χ2n) is 3.91. The molecule has 2 heterocycles. The van der Waals surface area contributed by atoms with Gasteiger partial charge in [0.05, 0.1) is 17.4 Å². The summed E-state index contributed by atoms with van der Waals surface area (Å²) in [5, 5.41) is 7.99. The Hall–Kier alpha value is -2.60. The predicted octanol–water partition coefficient (Wildman–Crippen LogP) is 2.19. The molecule has 0 aliphatic carbocycles. The van der Waals surface area contributed by atoms with Crippen LogP contribution in [-0.2, 0) is 0 Å². The average Bonchev–Trinajstić information content (AvgIpc) is 2.97. The number of aromatic nitrogens is 5. The van der Waals surface area contributed by atoms with Crippen LogP contribution in [0.15, 0.2) is 42.9 Å². The standard InChI is InChI=1S/C13H8ClN5O/c14-13-10(7-20)12(15-8-16-13)11-6-17-18-19(11)9-4-2-1-3-5-9/h1-8H. The fraction of sp³-hybridized carbons (Fsp3) is 0. The molecule has 2 aromatic heterocycles. The number of hydrogen-bond acceptors (Lipinski definition) is 5. The molecule has 0 bridgehead atoms. The number of hydrogen-bond donors (Lipinski definition) is 0. The van der Waals surface area contributed by atoms with Gasteiger partial charge in [0.15, 0.2) is 6.29 Å². The van der Waals surface area contributed by atoms with E-state index in [2.05, 4.69) is 20.3 Å². The lowest BCUT2D eigenvalue weighted by Crippen LogP contribution is -2.03. The van der Waals surface area contributed by atoms with Crippen LogP contribution in [0.5, 0.6) is 0 Å². The molecule has 0 N–H and O–H groups in total. The largest absolute Gasteiger partial charge is 0.298 e. The fourth-order valence-corrected chi connectivity index (χ4v) is 2.02. The van der Waals surface area contributed by atoms with Crippen molar-refractivity contribution < 1.29 is 4.79 Å². The van der Waals surface area contributed by atoms with Crippen LogP contribution in [0, 0.1) is 0 Å². The number of aldehydes is 1. The van der Waals surface area contributed by atoms with E-state index in [4.69, 9.17) is 11.6 Å². The molecule has 20 heavy (non-hydrogen) atoms. The minimum Gasteiger partial charge on any atom is -0.298 e. The maximum Gasteiger partial charge on any atom is 0.155 e. The lowest BCUT2D eigenvalue weighted by Gasteiger charge is -2.07. The summed E-state index contributed by atoms with van der Waals surface area (Å²) < 4.78 is 1.59. The molecule has 7 heteroatoms. The van der Waals surface area contributed by atoms with Gasteiger partial charge in [-0.3, -0.25) is 4.79 Å². The molecule has 0 unspecified atom stereocenters. The minimum atomic E-state index is 0.103. The van der Waals surface area contributed by atoms with Crippen LogP contribution in [0.4, 0.5) is 0 Å². The average molecular weight is 286 g/mol. The first-order chi connectivity index (χ1) is 9.81. The Bertz CT molecular complexity index is 756. The van der Waals surface area contributed by atoms with Gasteiger partial charge in [-0.1, -0.05) is 35.0 Å². The van der Waals surface area contributed by atoms with Gasteiger partial charge in [-0.15, -0.1) is 5.10 Å². The second kappa shape index (κ2) is 5.18. The molecule has 0 saturated carbocycles. The molecule has 0 atom stereocenters. The first-order valence-electron chi connectivity index (χ1n) is 5.73. The monoisotopic (exact) mass is 285 g/mol. The molecule has 0 radical (unpaired) electrons. The maximum absolute atomic E-state index is 11.2. The summed E-state index contributed by atoms with van der Waals surface area (Å²) in [6.07, 6.45) is 3.45. The molecule has 0 saturated heterocycles. The van der Waals surface area contributed by atoms with Gasteiger partial charge < -0.3 is 0 Å². The van der Waals surface area contributed by atoms with Crippen molar-refractivity contribution in [2.24, 2.45) is 0 Å². The molecular weight excluding hydrogens is 278 g/mol. The van der Waals surface area contributed by atoms with Crippen LogP contribution >= 0.6 is 11.6 Å². The van der Waals surface area contributed by atoms with E-state index < -0.39 is 0 Å². The smallest absolute Gasteiger partial charge is 0.155 e. The Morgan fingerprint density at radius 3 is 2.70 bits per heavy atom. The van der Waals surface area contributed by atoms with Crippen LogP contribution in [0.25, 0.3) is 17.1 Å². The molecule has 0 amide bonds. The molecule has 0 aliphatic heterocycles. The summed E-state index contributed by atoms with van der Waals surface area (Å²) in [6, 6.07) is 9.42. The molecule has 1 aromatic carbocycles. The second-order valence-corrected chi connectivity index (χ2v) is 4.27. The van der Waals surface area contributed by atoms with E-state index in [-0.39, 0.29) is 10.7 Å². The Morgan fingerprint density at radius 2 is 1.95 bits per heavy atom. The van der Waals surface area contributed by atoms with Gasteiger partial charge in [-0.05, 0) is 12.1 Å². The van der Waals surface area contributed by atoms with E-state index in [0.717, 1.165) is 5.69 Å². The van der Waals surface area contributed by atoms with Crippen molar-refractivity contribution in [1.82, 2.24) is 25.0 Å². The van der Waals surface area contributed by atoms with Crippen molar-refractivity contribution in [3.8, 4) is 17.1 Å². The highest BCUT2D eigenvalue weighted by molar-refractivity contribution is 6.32. The SMILES string of the molecule is O=Cc1c(Cl)ncnc1-c1cnnn1-c1ccccc1. The highest BCUT2D eigenvalue weighted by Gasteiger charge is 2.16. The van der Waals surface area contributed by atoms with Gasteiger partial charge >= 0.3 is 0 Å². The van der Waals surface area contributed by atoms with Gasteiger partial charge in [0.1, 0.15) is 22.9 Å². The summed E-state index contributed by atoms with van der Waals surface area (Å²) in [6.45, 7) is 0. The molecule has 3 aromatic rings. The number of nitrogens with zero attached hydrogens (tertiary/aromatic N) is 5. The van der Waals surface area contributed by atoms with Crippen molar-refractivity contribution >= 4 is 17.9 Å². The third-order valence-electron chi connectivity index (χ3n) is 2.75. The van der Waals surface area contributed by atoms with E-state index in [9.17, 15) is 4.79 Å². The van der Waals surface area contributed by atoms with E-state index in [1.54, 1.807) is 4.68 Å². The van der Waals surface area contributed by atoms with Crippen molar-refractivity contribution in [2.75, 3.05) is 0 Å². The highest BCUT2D eigenvalue weighted by atomic mass is 35.5. The number of benzene rings is 1. The van der Waals surface area contributed by atoms with Gasteiger partial charge in [-0.2, -0.15) is 0 Å². The Labute approximate surface area is 119 Å². The number of rotatable bonds is 3. The van der Waals surface area contributed by atoms with Crippen LogP contribution in [0.2, 0.25) is 5.15 Å². The zero-order valence-electron chi connectivity index (χ0n) is 10.1. The van der Waals surface area contributed by atoms with Gasteiger partial charge in [-0.25, -0.2) is 14.6 Å². The summed E-state index contributed by atoms with van der Waals surface area (Å²) in [7, 11) is 0. The first kappa shape index (κ1) is 12.4. The van der Waals surface area contributed by atoms with E-state index >= 15 is 0 Å². The van der Waals surface area contributed by atoms with Crippen molar-refractivity contribution in [1.29, 1.82) is 0 Å². The fourth-order valence-electron chi connectivity index (χ4n) is 1.84. The number of carbonyl (C=O) groups excluding carboxylic acids is 1.